The van der Waals surface area contributed by atoms with Gasteiger partial charge in [-0.1, -0.05) is 0 Å². The molecule has 0 saturated heterocycles. The van der Waals surface area contributed by atoms with Gasteiger partial charge in [0, 0.05) is 0 Å². The van der Waals surface area contributed by atoms with Crippen molar-refractivity contribution in [3.8, 4) is 11.6 Å². The molecule has 14 heavy (non-hydrogen) atoms. The maximum Gasteiger partial charge on any atom is 0.247 e. The van der Waals surface area contributed by atoms with Crippen LogP contribution in [0.25, 0.3) is 11.6 Å². The van der Waals surface area contributed by atoms with E-state index in [2.05, 4.69) is 15.0 Å². The lowest BCUT2D eigenvalue weighted by atomic mass is 10.3. The zero-order chi connectivity index (χ0) is 10.1. The molecule has 72 valence electrons. The van der Waals surface area contributed by atoms with Gasteiger partial charge in [-0.3, -0.25) is 0 Å². The van der Waals surface area contributed by atoms with Crippen LogP contribution >= 0.6 is 0 Å². The zero-order valence-electron chi connectivity index (χ0n) is 7.98. The summed E-state index contributed by atoms with van der Waals surface area (Å²) in [5.41, 5.74) is 7.52. The first-order chi connectivity index (χ1) is 6.66. The van der Waals surface area contributed by atoms with E-state index in [0.29, 0.717) is 23.1 Å². The second-order valence-electron chi connectivity index (χ2n) is 3.02. The van der Waals surface area contributed by atoms with Crippen molar-refractivity contribution in [2.45, 2.75) is 13.8 Å². The topological polar surface area (TPSA) is 77.8 Å². The largest absolute Gasteiger partial charge is 0.443 e. The van der Waals surface area contributed by atoms with Gasteiger partial charge in [-0.15, -0.1) is 0 Å². The smallest absolute Gasteiger partial charge is 0.247 e. The molecule has 0 aromatic carbocycles. The van der Waals surface area contributed by atoms with Crippen molar-refractivity contribution < 1.29 is 4.42 Å². The number of aryl methyl sites for hydroxylation is 2. The van der Waals surface area contributed by atoms with Crippen LogP contribution < -0.4 is 5.73 Å². The fraction of sp³-hybridized carbons (Fsp3) is 0.222. The van der Waals surface area contributed by atoms with Crippen molar-refractivity contribution in [3.05, 3.63) is 24.0 Å². The predicted molar refractivity (Wildman–Crippen MR) is 51.4 cm³/mol. The molecule has 5 nitrogen and oxygen atoms in total. The van der Waals surface area contributed by atoms with Crippen molar-refractivity contribution in [1.82, 2.24) is 15.0 Å². The highest BCUT2D eigenvalue weighted by molar-refractivity contribution is 5.64. The predicted octanol–water partition coefficient (Wildman–Crippen LogP) is 1.33. The fourth-order valence-corrected chi connectivity index (χ4v) is 1.11. The fourth-order valence-electron chi connectivity index (χ4n) is 1.11. The molecule has 0 spiro atoms. The molecule has 0 bridgehead atoms. The molecule has 5 heteroatoms. The Morgan fingerprint density at radius 2 is 2.07 bits per heavy atom. The molecule has 0 aliphatic heterocycles. The lowest BCUT2D eigenvalue weighted by Gasteiger charge is -1.99. The van der Waals surface area contributed by atoms with Crippen molar-refractivity contribution in [2.75, 3.05) is 5.73 Å². The normalized spacial score (nSPS) is 10.4. The van der Waals surface area contributed by atoms with Gasteiger partial charge in [-0.25, -0.2) is 15.0 Å². The second kappa shape index (κ2) is 3.10. The number of nitrogen functional groups attached to an aromatic ring is 1. The van der Waals surface area contributed by atoms with E-state index in [9.17, 15) is 0 Å². The van der Waals surface area contributed by atoms with E-state index in [0.717, 1.165) is 5.69 Å². The summed E-state index contributed by atoms with van der Waals surface area (Å²) in [4.78, 5) is 12.3. The Labute approximate surface area is 81.0 Å². The zero-order valence-corrected chi connectivity index (χ0v) is 7.98. The van der Waals surface area contributed by atoms with Gasteiger partial charge in [0.25, 0.3) is 0 Å². The molecule has 2 rings (SSSR count). The van der Waals surface area contributed by atoms with Crippen LogP contribution in [0.1, 0.15) is 11.5 Å². The van der Waals surface area contributed by atoms with E-state index in [1.54, 1.807) is 19.4 Å². The average molecular weight is 190 g/mol. The Kier molecular flexibility index (Phi) is 1.92. The van der Waals surface area contributed by atoms with Crippen LogP contribution in [0.3, 0.4) is 0 Å². The van der Waals surface area contributed by atoms with Crippen LogP contribution in [-0.2, 0) is 0 Å². The highest BCUT2D eigenvalue weighted by Crippen LogP contribution is 2.21. The molecule has 2 heterocycles. The highest BCUT2D eigenvalue weighted by Gasteiger charge is 2.10. The summed E-state index contributed by atoms with van der Waals surface area (Å²) in [6, 6.07) is 0. The van der Waals surface area contributed by atoms with Gasteiger partial charge in [0.1, 0.15) is 12.1 Å². The van der Waals surface area contributed by atoms with Crippen LogP contribution in [0, 0.1) is 13.8 Å². The van der Waals surface area contributed by atoms with Crippen molar-refractivity contribution in [1.29, 1.82) is 0 Å². The maximum absolute atomic E-state index is 5.71. The third kappa shape index (κ3) is 1.44. The van der Waals surface area contributed by atoms with E-state index in [1.807, 2.05) is 6.92 Å². The van der Waals surface area contributed by atoms with Gasteiger partial charge in [0.05, 0.1) is 17.6 Å². The Hall–Kier alpha value is -1.91. The summed E-state index contributed by atoms with van der Waals surface area (Å²) in [5, 5.41) is 0. The molecule has 2 aromatic heterocycles. The van der Waals surface area contributed by atoms with Crippen LogP contribution in [0.4, 0.5) is 5.69 Å². The van der Waals surface area contributed by atoms with E-state index in [4.69, 9.17) is 10.2 Å². The monoisotopic (exact) mass is 190 g/mol. The van der Waals surface area contributed by atoms with Crippen LogP contribution in [-0.4, -0.2) is 15.0 Å². The lowest BCUT2D eigenvalue weighted by molar-refractivity contribution is 0.571. The molecular weight excluding hydrogens is 180 g/mol. The van der Waals surface area contributed by atoms with Crippen LogP contribution in [0.5, 0.6) is 0 Å². The van der Waals surface area contributed by atoms with Crippen LogP contribution in [0.2, 0.25) is 0 Å². The van der Waals surface area contributed by atoms with Crippen LogP contribution in [0.15, 0.2) is 16.9 Å². The first kappa shape index (κ1) is 8.68. The van der Waals surface area contributed by atoms with Crippen molar-refractivity contribution in [2.24, 2.45) is 0 Å². The molecule has 0 amide bonds. The Morgan fingerprint density at radius 3 is 2.71 bits per heavy atom. The number of nitrogens with zero attached hydrogens (tertiary/aromatic N) is 3. The van der Waals surface area contributed by atoms with Crippen molar-refractivity contribution >= 4 is 5.69 Å². The quantitative estimate of drug-likeness (QED) is 0.733. The number of anilines is 1. The van der Waals surface area contributed by atoms with Gasteiger partial charge in [0.15, 0.2) is 5.69 Å². The molecule has 0 saturated carbocycles. The summed E-state index contributed by atoms with van der Waals surface area (Å²) < 4.78 is 5.20. The first-order valence-electron chi connectivity index (χ1n) is 4.18. The Balaban J connectivity index is 2.55. The Bertz CT molecular complexity index is 464. The van der Waals surface area contributed by atoms with Gasteiger partial charge >= 0.3 is 0 Å². The minimum atomic E-state index is 0.436. The molecule has 2 aromatic rings. The van der Waals surface area contributed by atoms with E-state index < -0.39 is 0 Å². The molecule has 0 radical (unpaired) electrons. The SMILES string of the molecule is Cc1coc(-c2nc(C)ncc2N)n1. The molecular formula is C9H10N4O. The summed E-state index contributed by atoms with van der Waals surface area (Å²) in [5.74, 6) is 1.08. The second-order valence-corrected chi connectivity index (χ2v) is 3.02. The van der Waals surface area contributed by atoms with E-state index in [1.165, 1.54) is 0 Å². The van der Waals surface area contributed by atoms with Gasteiger partial charge in [-0.2, -0.15) is 0 Å². The van der Waals surface area contributed by atoms with Gasteiger partial charge < -0.3 is 10.2 Å². The maximum atomic E-state index is 5.71. The number of oxazole rings is 1. The Morgan fingerprint density at radius 1 is 1.29 bits per heavy atom. The van der Waals surface area contributed by atoms with E-state index in [-0.39, 0.29) is 0 Å². The molecule has 0 unspecified atom stereocenters. The summed E-state index contributed by atoms with van der Waals surface area (Å²) in [7, 11) is 0. The number of hydrogen-bond acceptors (Lipinski definition) is 5. The van der Waals surface area contributed by atoms with E-state index >= 15 is 0 Å². The number of rotatable bonds is 1. The number of aromatic nitrogens is 3. The first-order valence-corrected chi connectivity index (χ1v) is 4.18. The molecule has 0 atom stereocenters. The molecule has 0 fully saturated rings. The van der Waals surface area contributed by atoms with Gasteiger partial charge in [0.2, 0.25) is 5.89 Å². The average Bonchev–Trinajstić information content (AvgIpc) is 2.56. The summed E-state index contributed by atoms with van der Waals surface area (Å²) in [6.45, 7) is 3.63. The highest BCUT2D eigenvalue weighted by atomic mass is 16.3. The minimum Gasteiger partial charge on any atom is -0.443 e. The minimum absolute atomic E-state index is 0.436. The standard InChI is InChI=1S/C9H10N4O/c1-5-4-14-9(12-5)8-7(10)3-11-6(2)13-8/h3-4H,10H2,1-2H3. The summed E-state index contributed by atoms with van der Waals surface area (Å²) in [6.07, 6.45) is 3.11. The third-order valence-electron chi connectivity index (χ3n) is 1.76. The lowest BCUT2D eigenvalue weighted by Crippen LogP contribution is -1.97. The molecule has 2 N–H and O–H groups in total. The van der Waals surface area contributed by atoms with Crippen molar-refractivity contribution in [3.63, 3.8) is 0 Å². The summed E-state index contributed by atoms with van der Waals surface area (Å²) >= 11 is 0. The molecule has 0 aliphatic rings. The molecule has 0 aliphatic carbocycles. The third-order valence-corrected chi connectivity index (χ3v) is 1.76. The number of hydrogen-bond donors (Lipinski definition) is 1. The van der Waals surface area contributed by atoms with Gasteiger partial charge in [-0.05, 0) is 13.8 Å². The number of nitrogens with two attached hydrogens (primary N) is 1.